The first-order valence-corrected chi connectivity index (χ1v) is 13.2. The van der Waals surface area contributed by atoms with E-state index >= 15 is 0 Å². The van der Waals surface area contributed by atoms with Gasteiger partial charge in [-0.05, 0) is 93.5 Å². The van der Waals surface area contributed by atoms with Gasteiger partial charge in [-0.2, -0.15) is 0 Å². The van der Waals surface area contributed by atoms with Crippen LogP contribution < -0.4 is 5.32 Å². The molecule has 0 aromatic carbocycles. The van der Waals surface area contributed by atoms with Crippen LogP contribution in [0.3, 0.4) is 0 Å². The first kappa shape index (κ1) is 25.8. The smallest absolute Gasteiger partial charge is 0.303 e. The summed E-state index contributed by atoms with van der Waals surface area (Å²) < 4.78 is 0. The van der Waals surface area contributed by atoms with Gasteiger partial charge in [0.2, 0.25) is 0 Å². The van der Waals surface area contributed by atoms with Crippen LogP contribution in [0.4, 0.5) is 0 Å². The Balaban J connectivity index is 1.33. The molecule has 0 saturated heterocycles. The van der Waals surface area contributed by atoms with Gasteiger partial charge >= 0.3 is 5.97 Å². The van der Waals surface area contributed by atoms with Crippen molar-refractivity contribution in [3.63, 3.8) is 0 Å². The molecule has 0 aromatic heterocycles. The van der Waals surface area contributed by atoms with Crippen molar-refractivity contribution in [2.75, 3.05) is 13.2 Å². The summed E-state index contributed by atoms with van der Waals surface area (Å²) in [6.45, 7) is 4.95. The molecule has 0 spiro atoms. The normalized spacial score (nSPS) is 39.0. The molecular formula is C28H40N2O5. The lowest BCUT2D eigenvalue weighted by Gasteiger charge is -2.58. The van der Waals surface area contributed by atoms with E-state index < -0.39 is 11.6 Å². The lowest BCUT2D eigenvalue weighted by Crippen LogP contribution is -2.54. The molecule has 1 amide bonds. The summed E-state index contributed by atoms with van der Waals surface area (Å²) in [6.07, 6.45) is 17.1. The van der Waals surface area contributed by atoms with Gasteiger partial charge in [0.15, 0.2) is 6.61 Å². The number of terminal acetylenes is 1. The summed E-state index contributed by atoms with van der Waals surface area (Å²) in [5, 5.41) is 26.8. The van der Waals surface area contributed by atoms with Crippen molar-refractivity contribution >= 4 is 17.6 Å². The van der Waals surface area contributed by atoms with E-state index in [1.165, 1.54) is 5.57 Å². The maximum Gasteiger partial charge on any atom is 0.303 e. The molecule has 4 aliphatic carbocycles. The average Bonchev–Trinajstić information content (AvgIpc) is 3.10. The maximum absolute atomic E-state index is 11.9. The second-order valence-electron chi connectivity index (χ2n) is 11.6. The van der Waals surface area contributed by atoms with Gasteiger partial charge in [-0.15, -0.1) is 6.42 Å². The van der Waals surface area contributed by atoms with E-state index in [2.05, 4.69) is 36.3 Å². The van der Waals surface area contributed by atoms with Crippen LogP contribution in [0.15, 0.2) is 16.8 Å². The highest BCUT2D eigenvalue weighted by Gasteiger charge is 2.63. The van der Waals surface area contributed by atoms with Gasteiger partial charge in [0.05, 0.1) is 5.71 Å². The van der Waals surface area contributed by atoms with Gasteiger partial charge in [-0.1, -0.05) is 30.5 Å². The summed E-state index contributed by atoms with van der Waals surface area (Å²) >= 11 is 0. The molecule has 7 heteroatoms. The number of oxime groups is 1. The lowest BCUT2D eigenvalue weighted by molar-refractivity contribution is -0.137. The van der Waals surface area contributed by atoms with Gasteiger partial charge in [0, 0.05) is 18.4 Å². The fourth-order valence-corrected chi connectivity index (χ4v) is 7.75. The Morgan fingerprint density at radius 3 is 2.69 bits per heavy atom. The van der Waals surface area contributed by atoms with E-state index in [-0.39, 0.29) is 29.8 Å². The molecule has 0 bridgehead atoms. The maximum atomic E-state index is 11.9. The predicted octanol–water partition coefficient (Wildman–Crippen LogP) is 4.06. The van der Waals surface area contributed by atoms with Crippen LogP contribution in [0.25, 0.3) is 0 Å². The fraction of sp³-hybridized carbons (Fsp3) is 0.750. The molecule has 3 saturated carbocycles. The fourth-order valence-electron chi connectivity index (χ4n) is 7.75. The number of carboxylic acid groups (broad SMARTS) is 1. The first-order chi connectivity index (χ1) is 16.6. The van der Waals surface area contributed by atoms with E-state index in [0.717, 1.165) is 57.1 Å². The number of amides is 1. The van der Waals surface area contributed by atoms with Crippen LogP contribution in [0.5, 0.6) is 0 Å². The lowest BCUT2D eigenvalue weighted by atomic mass is 9.46. The number of carbonyl (C=O) groups excluding carboxylic acids is 1. The number of carboxylic acids is 1. The predicted molar refractivity (Wildman–Crippen MR) is 133 cm³/mol. The van der Waals surface area contributed by atoms with Gasteiger partial charge < -0.3 is 20.4 Å². The number of nitrogens with one attached hydrogen (secondary N) is 1. The number of allylic oxidation sites excluding steroid dienone is 2. The Hall–Kier alpha value is -2.33. The molecule has 192 valence electrons. The Bertz CT molecular complexity index is 951. The highest BCUT2D eigenvalue weighted by molar-refractivity contribution is 5.96. The summed E-state index contributed by atoms with van der Waals surface area (Å²) in [5.41, 5.74) is 1.35. The molecule has 6 atom stereocenters. The van der Waals surface area contributed by atoms with Gasteiger partial charge in [0.1, 0.15) is 5.60 Å². The quantitative estimate of drug-likeness (QED) is 0.274. The van der Waals surface area contributed by atoms with Crippen molar-refractivity contribution in [3.8, 4) is 12.3 Å². The number of unbranched alkanes of at least 4 members (excludes halogenated alkanes) is 1. The van der Waals surface area contributed by atoms with Crippen LogP contribution in [0.2, 0.25) is 0 Å². The Morgan fingerprint density at radius 1 is 1.17 bits per heavy atom. The molecule has 3 fully saturated rings. The van der Waals surface area contributed by atoms with Gasteiger partial charge in [-0.3, -0.25) is 9.59 Å². The van der Waals surface area contributed by atoms with Crippen molar-refractivity contribution in [2.24, 2.45) is 33.7 Å². The summed E-state index contributed by atoms with van der Waals surface area (Å²) in [7, 11) is 0. The molecule has 7 nitrogen and oxygen atoms in total. The molecule has 0 heterocycles. The zero-order chi connectivity index (χ0) is 25.3. The number of fused-ring (bicyclic) bond motifs is 5. The van der Waals surface area contributed by atoms with Crippen LogP contribution in [0.1, 0.15) is 84.5 Å². The molecule has 0 unspecified atom stereocenters. The monoisotopic (exact) mass is 484 g/mol. The molecule has 0 aliphatic heterocycles. The van der Waals surface area contributed by atoms with E-state index in [4.69, 9.17) is 16.4 Å². The summed E-state index contributed by atoms with van der Waals surface area (Å²) in [5.74, 6) is 3.39. The van der Waals surface area contributed by atoms with Crippen LogP contribution in [-0.4, -0.2) is 46.6 Å². The average molecular weight is 485 g/mol. The van der Waals surface area contributed by atoms with Crippen molar-refractivity contribution in [1.82, 2.24) is 5.32 Å². The van der Waals surface area contributed by atoms with Crippen LogP contribution in [0, 0.1) is 40.9 Å². The first-order valence-electron chi connectivity index (χ1n) is 13.2. The van der Waals surface area contributed by atoms with Crippen LogP contribution >= 0.6 is 0 Å². The SMILES string of the molecule is C#C[C@]1(O)CC[C@@H]2[C@H]3CCC4=C/C(=N/OCC(=O)NCCCCC(=O)O)CC[C@]4(C)[C@H]3CC[C@@]21C. The third-order valence-corrected chi connectivity index (χ3v) is 9.88. The van der Waals surface area contributed by atoms with E-state index in [1.807, 2.05) is 0 Å². The number of nitrogens with zero attached hydrogens (tertiary/aromatic N) is 1. The van der Waals surface area contributed by atoms with Crippen molar-refractivity contribution in [3.05, 3.63) is 11.6 Å². The molecule has 4 rings (SSSR count). The molecular weight excluding hydrogens is 444 g/mol. The molecule has 35 heavy (non-hydrogen) atoms. The molecule has 4 aliphatic rings. The second kappa shape index (κ2) is 9.97. The number of aliphatic hydroxyl groups is 1. The van der Waals surface area contributed by atoms with E-state index in [9.17, 15) is 14.7 Å². The number of carbonyl (C=O) groups is 2. The largest absolute Gasteiger partial charge is 0.481 e. The highest BCUT2D eigenvalue weighted by Crippen LogP contribution is 2.67. The zero-order valence-corrected chi connectivity index (χ0v) is 21.1. The van der Waals surface area contributed by atoms with Crippen LogP contribution in [-0.2, 0) is 14.4 Å². The van der Waals surface area contributed by atoms with Crippen molar-refractivity contribution in [1.29, 1.82) is 0 Å². The highest BCUT2D eigenvalue weighted by atomic mass is 16.6. The van der Waals surface area contributed by atoms with E-state index in [1.54, 1.807) is 0 Å². The standard InChI is InChI=1S/C28H40N2O5/c1-4-28(34)15-12-23-21-9-8-19-17-20(10-13-26(19,2)22(21)11-14-27(23,28)3)30-35-18-24(31)29-16-6-5-7-25(32)33/h1,17,21-23,34H,5-16,18H2,2-3H3,(H,29,31)(H,32,33)/b30-20+/t21-,22-,23+,26-,27-,28-/m0/s1. The minimum Gasteiger partial charge on any atom is -0.481 e. The molecule has 3 N–H and O–H groups in total. The molecule has 0 aromatic rings. The third-order valence-electron chi connectivity index (χ3n) is 9.88. The number of rotatable bonds is 8. The van der Waals surface area contributed by atoms with E-state index in [0.29, 0.717) is 37.1 Å². The van der Waals surface area contributed by atoms with Crippen molar-refractivity contribution < 1.29 is 24.6 Å². The summed E-state index contributed by atoms with van der Waals surface area (Å²) in [6, 6.07) is 0. The third kappa shape index (κ3) is 4.74. The Labute approximate surface area is 208 Å². The minimum atomic E-state index is -0.964. The zero-order valence-electron chi connectivity index (χ0n) is 21.1. The van der Waals surface area contributed by atoms with Gasteiger partial charge in [-0.25, -0.2) is 0 Å². The topological polar surface area (TPSA) is 108 Å². The minimum absolute atomic E-state index is 0.113. The number of hydrogen-bond acceptors (Lipinski definition) is 5. The second-order valence-corrected chi connectivity index (χ2v) is 11.6. The Morgan fingerprint density at radius 2 is 1.94 bits per heavy atom. The molecule has 0 radical (unpaired) electrons. The summed E-state index contributed by atoms with van der Waals surface area (Å²) in [4.78, 5) is 27.8. The number of aliphatic carboxylic acids is 1. The van der Waals surface area contributed by atoms with Crippen molar-refractivity contribution in [2.45, 2.75) is 90.1 Å². The van der Waals surface area contributed by atoms with Gasteiger partial charge in [0.25, 0.3) is 5.91 Å². The number of hydrogen-bond donors (Lipinski definition) is 3. The Kier molecular flexibility index (Phi) is 7.33.